The van der Waals surface area contributed by atoms with E-state index in [1.54, 1.807) is 7.11 Å². The Morgan fingerprint density at radius 1 is 1.08 bits per heavy atom. The SMILES string of the molecule is COc1cccc(-c2noc(Cn3nnc(-c4ccc(Br)cc4)n3)n2)c1. The first-order valence-electron chi connectivity index (χ1n) is 7.72. The van der Waals surface area contributed by atoms with E-state index in [4.69, 9.17) is 9.26 Å². The Kier molecular flexibility index (Phi) is 4.44. The number of halogens is 1. The van der Waals surface area contributed by atoms with E-state index in [9.17, 15) is 0 Å². The Labute approximate surface area is 156 Å². The molecule has 0 N–H and O–H groups in total. The molecule has 0 unspecified atom stereocenters. The van der Waals surface area contributed by atoms with Crippen molar-refractivity contribution in [1.82, 2.24) is 30.3 Å². The van der Waals surface area contributed by atoms with Crippen LogP contribution < -0.4 is 4.74 Å². The number of methoxy groups -OCH3 is 1. The molecule has 8 nitrogen and oxygen atoms in total. The zero-order valence-corrected chi connectivity index (χ0v) is 15.3. The second-order valence-corrected chi connectivity index (χ2v) is 6.31. The van der Waals surface area contributed by atoms with E-state index in [1.807, 2.05) is 48.5 Å². The van der Waals surface area contributed by atoms with Gasteiger partial charge < -0.3 is 9.26 Å². The largest absolute Gasteiger partial charge is 0.497 e. The van der Waals surface area contributed by atoms with Crippen molar-refractivity contribution in [1.29, 1.82) is 0 Å². The summed E-state index contributed by atoms with van der Waals surface area (Å²) in [7, 11) is 1.61. The summed E-state index contributed by atoms with van der Waals surface area (Å²) in [6.07, 6.45) is 0. The Bertz CT molecular complexity index is 1030. The van der Waals surface area contributed by atoms with Crippen LogP contribution >= 0.6 is 15.9 Å². The molecule has 0 aliphatic heterocycles. The minimum Gasteiger partial charge on any atom is -0.497 e. The van der Waals surface area contributed by atoms with Crippen molar-refractivity contribution in [3.05, 3.63) is 58.9 Å². The first-order valence-corrected chi connectivity index (χ1v) is 8.51. The van der Waals surface area contributed by atoms with Gasteiger partial charge in [-0.3, -0.25) is 0 Å². The van der Waals surface area contributed by atoms with Crippen molar-refractivity contribution in [2.24, 2.45) is 0 Å². The fourth-order valence-corrected chi connectivity index (χ4v) is 2.61. The van der Waals surface area contributed by atoms with Crippen LogP contribution in [-0.4, -0.2) is 37.5 Å². The van der Waals surface area contributed by atoms with Crippen molar-refractivity contribution in [3.63, 3.8) is 0 Å². The number of rotatable bonds is 5. The van der Waals surface area contributed by atoms with Gasteiger partial charge in [0.25, 0.3) is 5.89 Å². The van der Waals surface area contributed by atoms with Gasteiger partial charge in [-0.2, -0.15) is 9.78 Å². The lowest BCUT2D eigenvalue weighted by molar-refractivity contribution is 0.356. The molecule has 2 aromatic heterocycles. The van der Waals surface area contributed by atoms with Crippen molar-refractivity contribution in [2.45, 2.75) is 6.54 Å². The highest BCUT2D eigenvalue weighted by molar-refractivity contribution is 9.10. The molecule has 4 rings (SSSR count). The summed E-state index contributed by atoms with van der Waals surface area (Å²) in [4.78, 5) is 5.79. The summed E-state index contributed by atoms with van der Waals surface area (Å²) < 4.78 is 11.5. The van der Waals surface area contributed by atoms with Gasteiger partial charge >= 0.3 is 0 Å². The number of aromatic nitrogens is 6. The van der Waals surface area contributed by atoms with Crippen LogP contribution in [0.15, 0.2) is 57.5 Å². The van der Waals surface area contributed by atoms with E-state index in [0.717, 1.165) is 21.3 Å². The van der Waals surface area contributed by atoms with Crippen LogP contribution in [0.1, 0.15) is 5.89 Å². The van der Waals surface area contributed by atoms with E-state index in [0.29, 0.717) is 17.5 Å². The average Bonchev–Trinajstić information content (AvgIpc) is 3.33. The predicted octanol–water partition coefficient (Wildman–Crippen LogP) is 3.21. The lowest BCUT2D eigenvalue weighted by Gasteiger charge is -1.99. The van der Waals surface area contributed by atoms with E-state index in [1.165, 1.54) is 4.80 Å². The van der Waals surface area contributed by atoms with Crippen molar-refractivity contribution in [3.8, 4) is 28.5 Å². The lowest BCUT2D eigenvalue weighted by atomic mass is 10.2. The average molecular weight is 413 g/mol. The molecule has 130 valence electrons. The van der Waals surface area contributed by atoms with Crippen LogP contribution in [0.5, 0.6) is 5.75 Å². The molecular weight excluding hydrogens is 400 g/mol. The van der Waals surface area contributed by atoms with Crippen LogP contribution in [0.25, 0.3) is 22.8 Å². The second kappa shape index (κ2) is 7.04. The molecule has 0 saturated heterocycles. The fraction of sp³-hybridized carbons (Fsp3) is 0.118. The zero-order chi connectivity index (χ0) is 17.9. The quantitative estimate of drug-likeness (QED) is 0.496. The summed E-state index contributed by atoms with van der Waals surface area (Å²) in [6, 6.07) is 15.1. The van der Waals surface area contributed by atoms with E-state index in [2.05, 4.69) is 41.5 Å². The van der Waals surface area contributed by atoms with Crippen LogP contribution in [0.2, 0.25) is 0 Å². The van der Waals surface area contributed by atoms with Gasteiger partial charge in [-0.05, 0) is 41.6 Å². The molecule has 0 saturated carbocycles. The fourth-order valence-electron chi connectivity index (χ4n) is 2.34. The monoisotopic (exact) mass is 412 g/mol. The Morgan fingerprint density at radius 3 is 2.73 bits per heavy atom. The second-order valence-electron chi connectivity index (χ2n) is 5.39. The van der Waals surface area contributed by atoms with Crippen molar-refractivity contribution < 1.29 is 9.26 Å². The van der Waals surface area contributed by atoms with Gasteiger partial charge in [0.2, 0.25) is 11.6 Å². The van der Waals surface area contributed by atoms with Crippen LogP contribution in [-0.2, 0) is 6.54 Å². The third-order valence-corrected chi connectivity index (χ3v) is 4.16. The number of ether oxygens (including phenoxy) is 1. The number of benzene rings is 2. The maximum Gasteiger partial charge on any atom is 0.250 e. The van der Waals surface area contributed by atoms with Gasteiger partial charge in [-0.1, -0.05) is 33.2 Å². The Balaban J connectivity index is 1.52. The van der Waals surface area contributed by atoms with Gasteiger partial charge in [0.1, 0.15) is 12.3 Å². The summed E-state index contributed by atoms with van der Waals surface area (Å²) in [6.45, 7) is 0.237. The molecule has 4 aromatic rings. The zero-order valence-electron chi connectivity index (χ0n) is 13.7. The highest BCUT2D eigenvalue weighted by atomic mass is 79.9. The molecule has 0 fully saturated rings. The van der Waals surface area contributed by atoms with E-state index in [-0.39, 0.29) is 6.54 Å². The maximum absolute atomic E-state index is 5.29. The minimum atomic E-state index is 0.237. The van der Waals surface area contributed by atoms with E-state index >= 15 is 0 Å². The number of nitrogens with zero attached hydrogens (tertiary/aromatic N) is 6. The van der Waals surface area contributed by atoms with Gasteiger partial charge in [0.05, 0.1) is 7.11 Å². The molecule has 0 aliphatic rings. The molecular formula is C17H13BrN6O2. The van der Waals surface area contributed by atoms with Crippen LogP contribution in [0, 0.1) is 0 Å². The molecule has 0 atom stereocenters. The molecule has 0 bridgehead atoms. The van der Waals surface area contributed by atoms with Crippen LogP contribution in [0.4, 0.5) is 0 Å². The normalized spacial score (nSPS) is 10.8. The molecule has 0 spiro atoms. The predicted molar refractivity (Wildman–Crippen MR) is 96.3 cm³/mol. The highest BCUT2D eigenvalue weighted by Crippen LogP contribution is 2.21. The van der Waals surface area contributed by atoms with Crippen molar-refractivity contribution >= 4 is 15.9 Å². The number of tetrazole rings is 1. The molecule has 2 heterocycles. The van der Waals surface area contributed by atoms with Crippen molar-refractivity contribution in [2.75, 3.05) is 7.11 Å². The smallest absolute Gasteiger partial charge is 0.250 e. The summed E-state index contributed by atoms with van der Waals surface area (Å²) >= 11 is 3.40. The van der Waals surface area contributed by atoms with Crippen LogP contribution in [0.3, 0.4) is 0 Å². The molecule has 0 amide bonds. The van der Waals surface area contributed by atoms with Gasteiger partial charge in [-0.15, -0.1) is 10.2 Å². The number of hydrogen-bond donors (Lipinski definition) is 0. The summed E-state index contributed by atoms with van der Waals surface area (Å²) in [5.41, 5.74) is 1.68. The summed E-state index contributed by atoms with van der Waals surface area (Å²) in [5.74, 6) is 2.13. The third-order valence-electron chi connectivity index (χ3n) is 3.63. The first kappa shape index (κ1) is 16.4. The Hall–Kier alpha value is -3.07. The maximum atomic E-state index is 5.29. The first-order chi connectivity index (χ1) is 12.7. The standard InChI is InChI=1S/C17H13BrN6O2/c1-25-14-4-2-3-12(9-14)16-19-15(26-22-16)10-24-21-17(20-23-24)11-5-7-13(18)8-6-11/h2-9H,10H2,1H3. The molecule has 0 aliphatic carbocycles. The third kappa shape index (κ3) is 3.47. The van der Waals surface area contributed by atoms with Gasteiger partial charge in [-0.25, -0.2) is 0 Å². The lowest BCUT2D eigenvalue weighted by Crippen LogP contribution is -2.04. The van der Waals surface area contributed by atoms with E-state index < -0.39 is 0 Å². The van der Waals surface area contributed by atoms with Gasteiger partial charge in [0, 0.05) is 15.6 Å². The topological polar surface area (TPSA) is 91.8 Å². The summed E-state index contributed by atoms with van der Waals surface area (Å²) in [5, 5.41) is 16.4. The Morgan fingerprint density at radius 2 is 1.92 bits per heavy atom. The molecule has 2 aromatic carbocycles. The molecule has 26 heavy (non-hydrogen) atoms. The minimum absolute atomic E-state index is 0.237. The molecule has 0 radical (unpaired) electrons. The number of hydrogen-bond acceptors (Lipinski definition) is 7. The molecule has 9 heteroatoms. The van der Waals surface area contributed by atoms with Gasteiger partial charge in [0.15, 0.2) is 0 Å². The highest BCUT2D eigenvalue weighted by Gasteiger charge is 2.12.